The molecule has 104 valence electrons. The number of rotatable bonds is 4. The molecule has 0 bridgehead atoms. The van der Waals surface area contributed by atoms with E-state index in [9.17, 15) is 4.79 Å². The lowest BCUT2D eigenvalue weighted by molar-refractivity contribution is 0.0950. The van der Waals surface area contributed by atoms with Crippen molar-refractivity contribution in [2.45, 2.75) is 45.4 Å². The molecule has 1 N–H and O–H groups in total. The minimum absolute atomic E-state index is 0.0419. The normalized spacial score (nSPS) is 16.3. The number of halogens is 1. The van der Waals surface area contributed by atoms with Gasteiger partial charge in [0, 0.05) is 16.6 Å². The first-order valence-corrected chi connectivity index (χ1v) is 8.00. The first-order chi connectivity index (χ1) is 9.15. The van der Waals surface area contributed by atoms with Crippen LogP contribution in [0.15, 0.2) is 22.7 Å². The minimum atomic E-state index is 0.0419. The summed E-state index contributed by atoms with van der Waals surface area (Å²) in [4.78, 5) is 12.1. The van der Waals surface area contributed by atoms with Crippen molar-refractivity contribution in [1.29, 1.82) is 0 Å². The SMILES string of the molecule is Cc1cc(Br)cc(C(=O)NCCC2CCCCC2)c1. The van der Waals surface area contributed by atoms with Gasteiger partial charge in [-0.2, -0.15) is 0 Å². The standard InChI is InChI=1S/C16H22BrNO/c1-12-9-14(11-15(17)10-12)16(19)18-8-7-13-5-3-2-4-6-13/h9-11,13H,2-8H2,1H3,(H,18,19). The molecule has 2 nitrogen and oxygen atoms in total. The van der Waals surface area contributed by atoms with Gasteiger partial charge in [-0.25, -0.2) is 0 Å². The minimum Gasteiger partial charge on any atom is -0.352 e. The van der Waals surface area contributed by atoms with Crippen molar-refractivity contribution in [2.75, 3.05) is 6.54 Å². The summed E-state index contributed by atoms with van der Waals surface area (Å²) in [6.45, 7) is 2.80. The summed E-state index contributed by atoms with van der Waals surface area (Å²) in [7, 11) is 0. The predicted octanol–water partition coefficient (Wildman–Crippen LogP) is 4.46. The highest BCUT2D eigenvalue weighted by Gasteiger charge is 2.13. The average Bonchev–Trinajstić information content (AvgIpc) is 2.38. The van der Waals surface area contributed by atoms with Crippen LogP contribution in [0.3, 0.4) is 0 Å². The fourth-order valence-electron chi connectivity index (χ4n) is 2.84. The Bertz CT molecular complexity index is 418. The van der Waals surface area contributed by atoms with E-state index in [1.807, 2.05) is 25.1 Å². The quantitative estimate of drug-likeness (QED) is 0.870. The zero-order valence-corrected chi connectivity index (χ0v) is 13.1. The van der Waals surface area contributed by atoms with Crippen LogP contribution in [0, 0.1) is 12.8 Å². The van der Waals surface area contributed by atoms with Gasteiger partial charge in [-0.3, -0.25) is 4.79 Å². The lowest BCUT2D eigenvalue weighted by Crippen LogP contribution is -2.26. The van der Waals surface area contributed by atoms with E-state index < -0.39 is 0 Å². The van der Waals surface area contributed by atoms with Gasteiger partial charge < -0.3 is 5.32 Å². The monoisotopic (exact) mass is 323 g/mol. The van der Waals surface area contributed by atoms with Crippen molar-refractivity contribution in [3.63, 3.8) is 0 Å². The van der Waals surface area contributed by atoms with Crippen molar-refractivity contribution in [3.8, 4) is 0 Å². The van der Waals surface area contributed by atoms with E-state index in [4.69, 9.17) is 0 Å². The molecule has 0 saturated heterocycles. The number of benzene rings is 1. The van der Waals surface area contributed by atoms with Crippen molar-refractivity contribution < 1.29 is 4.79 Å². The van der Waals surface area contributed by atoms with Crippen molar-refractivity contribution >= 4 is 21.8 Å². The summed E-state index contributed by atoms with van der Waals surface area (Å²) in [5.74, 6) is 0.860. The van der Waals surface area contributed by atoms with Gasteiger partial charge in [0.1, 0.15) is 0 Å². The Morgan fingerprint density at radius 3 is 2.68 bits per heavy atom. The summed E-state index contributed by atoms with van der Waals surface area (Å²) in [6, 6.07) is 5.82. The highest BCUT2D eigenvalue weighted by atomic mass is 79.9. The summed E-state index contributed by atoms with van der Waals surface area (Å²) < 4.78 is 0.963. The summed E-state index contributed by atoms with van der Waals surface area (Å²) in [5, 5.41) is 3.04. The van der Waals surface area contributed by atoms with Crippen molar-refractivity contribution in [2.24, 2.45) is 5.92 Å². The Labute approximate surface area is 124 Å². The third-order valence-corrected chi connectivity index (χ3v) is 4.33. The second-order valence-electron chi connectivity index (χ2n) is 5.57. The zero-order chi connectivity index (χ0) is 13.7. The Hall–Kier alpha value is -0.830. The summed E-state index contributed by atoms with van der Waals surface area (Å²) >= 11 is 3.43. The Kier molecular flexibility index (Phi) is 5.44. The Morgan fingerprint density at radius 2 is 2.00 bits per heavy atom. The number of carbonyl (C=O) groups is 1. The lowest BCUT2D eigenvalue weighted by atomic mass is 9.87. The molecule has 1 aromatic carbocycles. The smallest absolute Gasteiger partial charge is 0.251 e. The van der Waals surface area contributed by atoms with Crippen LogP contribution in [-0.4, -0.2) is 12.5 Å². The van der Waals surface area contributed by atoms with E-state index >= 15 is 0 Å². The molecule has 1 aliphatic carbocycles. The van der Waals surface area contributed by atoms with E-state index in [1.165, 1.54) is 32.1 Å². The van der Waals surface area contributed by atoms with E-state index in [2.05, 4.69) is 21.2 Å². The van der Waals surface area contributed by atoms with E-state index in [-0.39, 0.29) is 5.91 Å². The maximum Gasteiger partial charge on any atom is 0.251 e. The second-order valence-corrected chi connectivity index (χ2v) is 6.48. The molecule has 0 atom stereocenters. The number of hydrogen-bond acceptors (Lipinski definition) is 1. The van der Waals surface area contributed by atoms with Gasteiger partial charge in [0.2, 0.25) is 0 Å². The van der Waals surface area contributed by atoms with Crippen LogP contribution in [0.4, 0.5) is 0 Å². The van der Waals surface area contributed by atoms with Gasteiger partial charge in [-0.05, 0) is 43.0 Å². The van der Waals surface area contributed by atoms with Crippen LogP contribution < -0.4 is 5.32 Å². The molecular weight excluding hydrogens is 302 g/mol. The predicted molar refractivity (Wildman–Crippen MR) is 82.4 cm³/mol. The van der Waals surface area contributed by atoms with Crippen LogP contribution in [-0.2, 0) is 0 Å². The molecule has 1 amide bonds. The molecule has 1 fully saturated rings. The van der Waals surface area contributed by atoms with E-state index in [0.717, 1.165) is 34.5 Å². The number of hydrogen-bond donors (Lipinski definition) is 1. The maximum absolute atomic E-state index is 12.1. The van der Waals surface area contributed by atoms with E-state index in [1.54, 1.807) is 0 Å². The molecule has 0 unspecified atom stereocenters. The molecule has 1 aliphatic rings. The number of amides is 1. The lowest BCUT2D eigenvalue weighted by Gasteiger charge is -2.21. The first kappa shape index (κ1) is 14.6. The van der Waals surface area contributed by atoms with Gasteiger partial charge >= 0.3 is 0 Å². The number of nitrogens with one attached hydrogen (secondary N) is 1. The molecule has 3 heteroatoms. The largest absolute Gasteiger partial charge is 0.352 e. The topological polar surface area (TPSA) is 29.1 Å². The molecule has 0 spiro atoms. The first-order valence-electron chi connectivity index (χ1n) is 7.20. The molecule has 1 saturated carbocycles. The van der Waals surface area contributed by atoms with Gasteiger partial charge in [0.15, 0.2) is 0 Å². The number of carbonyl (C=O) groups excluding carboxylic acids is 1. The van der Waals surface area contributed by atoms with Crippen LogP contribution in [0.2, 0.25) is 0 Å². The van der Waals surface area contributed by atoms with Crippen LogP contribution in [0.5, 0.6) is 0 Å². The van der Waals surface area contributed by atoms with Gasteiger partial charge in [0.25, 0.3) is 5.91 Å². The highest BCUT2D eigenvalue weighted by Crippen LogP contribution is 2.25. The van der Waals surface area contributed by atoms with E-state index in [0.29, 0.717) is 0 Å². The van der Waals surface area contributed by atoms with Gasteiger partial charge in [-0.15, -0.1) is 0 Å². The Morgan fingerprint density at radius 1 is 1.26 bits per heavy atom. The molecule has 0 heterocycles. The molecule has 1 aromatic rings. The van der Waals surface area contributed by atoms with Gasteiger partial charge in [0.05, 0.1) is 0 Å². The third kappa shape index (κ3) is 4.64. The molecule has 0 radical (unpaired) electrons. The molecule has 0 aliphatic heterocycles. The van der Waals surface area contributed by atoms with Crippen molar-refractivity contribution in [3.05, 3.63) is 33.8 Å². The van der Waals surface area contributed by atoms with Crippen LogP contribution >= 0.6 is 15.9 Å². The maximum atomic E-state index is 12.1. The third-order valence-electron chi connectivity index (χ3n) is 3.87. The van der Waals surface area contributed by atoms with Crippen LogP contribution in [0.25, 0.3) is 0 Å². The molecule has 19 heavy (non-hydrogen) atoms. The zero-order valence-electron chi connectivity index (χ0n) is 11.5. The van der Waals surface area contributed by atoms with Gasteiger partial charge in [-0.1, -0.05) is 48.0 Å². The van der Waals surface area contributed by atoms with Crippen LogP contribution in [0.1, 0.15) is 54.4 Å². The molecule has 2 rings (SSSR count). The fourth-order valence-corrected chi connectivity index (χ4v) is 3.44. The molecule has 0 aromatic heterocycles. The van der Waals surface area contributed by atoms with Crippen molar-refractivity contribution in [1.82, 2.24) is 5.32 Å². The summed E-state index contributed by atoms with van der Waals surface area (Å²) in [5.41, 5.74) is 1.85. The fraction of sp³-hybridized carbons (Fsp3) is 0.562. The Balaban J connectivity index is 1.80. The second kappa shape index (κ2) is 7.09. The highest BCUT2D eigenvalue weighted by molar-refractivity contribution is 9.10. The number of aryl methyl sites for hydroxylation is 1. The molecular formula is C16H22BrNO. The summed E-state index contributed by atoms with van der Waals surface area (Å²) in [6.07, 6.45) is 7.92. The average molecular weight is 324 g/mol.